The molecule has 2 N–H and O–H groups in total. The number of hydrogen-bond donors (Lipinski definition) is 2. The van der Waals surface area contributed by atoms with E-state index >= 15 is 0 Å². The van der Waals surface area contributed by atoms with E-state index in [1.54, 1.807) is 0 Å². The second-order valence-corrected chi connectivity index (χ2v) is 5.42. The average Bonchev–Trinajstić information content (AvgIpc) is 2.58. The van der Waals surface area contributed by atoms with E-state index in [1.165, 1.54) is 6.42 Å². The SMILES string of the molecule is CC1CCCN(C(=O)CN2C[C@@H](O)[C@@H](O)C2)C1. The molecule has 2 aliphatic rings. The second-order valence-electron chi connectivity index (χ2n) is 5.42. The summed E-state index contributed by atoms with van der Waals surface area (Å²) in [7, 11) is 0. The number of rotatable bonds is 2. The van der Waals surface area contributed by atoms with Crippen molar-refractivity contribution < 1.29 is 15.0 Å². The lowest BCUT2D eigenvalue weighted by Crippen LogP contribution is -2.44. The number of amides is 1. The van der Waals surface area contributed by atoms with Crippen LogP contribution in [0, 0.1) is 5.92 Å². The maximum Gasteiger partial charge on any atom is 0.236 e. The van der Waals surface area contributed by atoms with Crippen molar-refractivity contribution in [1.82, 2.24) is 9.80 Å². The highest BCUT2D eigenvalue weighted by Crippen LogP contribution is 2.16. The zero-order chi connectivity index (χ0) is 12.4. The molecular weight excluding hydrogens is 220 g/mol. The third-order valence-electron chi connectivity index (χ3n) is 3.70. The van der Waals surface area contributed by atoms with Crippen molar-refractivity contribution in [3.05, 3.63) is 0 Å². The average molecular weight is 242 g/mol. The molecular formula is C12H22N2O3. The van der Waals surface area contributed by atoms with Gasteiger partial charge in [0.2, 0.25) is 5.91 Å². The first-order valence-corrected chi connectivity index (χ1v) is 6.42. The van der Waals surface area contributed by atoms with Gasteiger partial charge in [0.1, 0.15) is 0 Å². The summed E-state index contributed by atoms with van der Waals surface area (Å²) >= 11 is 0. The van der Waals surface area contributed by atoms with E-state index in [-0.39, 0.29) is 5.91 Å². The quantitative estimate of drug-likeness (QED) is 0.671. The Morgan fingerprint density at radius 1 is 1.24 bits per heavy atom. The van der Waals surface area contributed by atoms with Crippen LogP contribution in [0.2, 0.25) is 0 Å². The van der Waals surface area contributed by atoms with Crippen LogP contribution in [-0.4, -0.2) is 70.9 Å². The third-order valence-corrected chi connectivity index (χ3v) is 3.70. The zero-order valence-electron chi connectivity index (χ0n) is 10.4. The summed E-state index contributed by atoms with van der Waals surface area (Å²) in [6.45, 7) is 4.98. The van der Waals surface area contributed by atoms with Gasteiger partial charge in [0.05, 0.1) is 18.8 Å². The van der Waals surface area contributed by atoms with Gasteiger partial charge < -0.3 is 15.1 Å². The Labute approximate surface area is 102 Å². The Morgan fingerprint density at radius 2 is 1.88 bits per heavy atom. The minimum atomic E-state index is -0.705. The van der Waals surface area contributed by atoms with Crippen LogP contribution in [0.25, 0.3) is 0 Å². The van der Waals surface area contributed by atoms with Gasteiger partial charge in [-0.3, -0.25) is 9.69 Å². The van der Waals surface area contributed by atoms with Crippen LogP contribution in [0.4, 0.5) is 0 Å². The standard InChI is InChI=1S/C12H22N2O3/c1-9-3-2-4-14(5-9)12(17)8-13-6-10(15)11(16)7-13/h9-11,15-16H,2-8H2,1H3/t9?,10-,11+. The largest absolute Gasteiger partial charge is 0.389 e. The number of β-amino-alcohol motifs (C(OH)–C–C–N with tert-alkyl or cyclic N) is 2. The molecule has 3 atom stereocenters. The normalized spacial score (nSPS) is 35.2. The highest BCUT2D eigenvalue weighted by atomic mass is 16.3. The molecule has 2 fully saturated rings. The van der Waals surface area contributed by atoms with Crippen molar-refractivity contribution in [3.63, 3.8) is 0 Å². The van der Waals surface area contributed by atoms with Gasteiger partial charge >= 0.3 is 0 Å². The topological polar surface area (TPSA) is 64.0 Å². The maximum atomic E-state index is 12.0. The predicted molar refractivity (Wildman–Crippen MR) is 63.4 cm³/mol. The molecule has 2 saturated heterocycles. The smallest absolute Gasteiger partial charge is 0.236 e. The Kier molecular flexibility index (Phi) is 4.01. The number of carbonyl (C=O) groups is 1. The van der Waals surface area contributed by atoms with E-state index in [4.69, 9.17) is 0 Å². The fourth-order valence-electron chi connectivity index (χ4n) is 2.68. The number of piperidine rings is 1. The van der Waals surface area contributed by atoms with Gasteiger partial charge in [-0.1, -0.05) is 6.92 Å². The number of aliphatic hydroxyl groups excluding tert-OH is 2. The Morgan fingerprint density at radius 3 is 2.47 bits per heavy atom. The molecule has 17 heavy (non-hydrogen) atoms. The van der Waals surface area contributed by atoms with Crippen molar-refractivity contribution in [3.8, 4) is 0 Å². The number of hydrogen-bond acceptors (Lipinski definition) is 4. The Hall–Kier alpha value is -0.650. The molecule has 5 nitrogen and oxygen atoms in total. The maximum absolute atomic E-state index is 12.0. The highest BCUT2D eigenvalue weighted by Gasteiger charge is 2.32. The molecule has 0 aromatic carbocycles. The van der Waals surface area contributed by atoms with Crippen molar-refractivity contribution in [2.75, 3.05) is 32.7 Å². The Bertz CT molecular complexity index is 275. The fraction of sp³-hybridized carbons (Fsp3) is 0.917. The van der Waals surface area contributed by atoms with E-state index in [0.29, 0.717) is 25.6 Å². The van der Waals surface area contributed by atoms with Gasteiger partial charge in [0.15, 0.2) is 0 Å². The van der Waals surface area contributed by atoms with Crippen LogP contribution in [0.15, 0.2) is 0 Å². The first kappa shape index (κ1) is 12.8. The molecule has 2 aliphatic heterocycles. The van der Waals surface area contributed by atoms with Gasteiger partial charge in [0.25, 0.3) is 0 Å². The van der Waals surface area contributed by atoms with E-state index < -0.39 is 12.2 Å². The van der Waals surface area contributed by atoms with Crippen LogP contribution in [0.3, 0.4) is 0 Å². The van der Waals surface area contributed by atoms with Crippen LogP contribution >= 0.6 is 0 Å². The summed E-state index contributed by atoms with van der Waals surface area (Å²) in [5.74, 6) is 0.709. The number of likely N-dealkylation sites (tertiary alicyclic amines) is 2. The van der Waals surface area contributed by atoms with Crippen molar-refractivity contribution in [2.45, 2.75) is 32.0 Å². The van der Waals surface area contributed by atoms with Gasteiger partial charge in [-0.25, -0.2) is 0 Å². The van der Waals surface area contributed by atoms with Crippen molar-refractivity contribution >= 4 is 5.91 Å². The third kappa shape index (κ3) is 3.18. The van der Waals surface area contributed by atoms with Gasteiger partial charge in [0, 0.05) is 26.2 Å². The molecule has 2 heterocycles. The van der Waals surface area contributed by atoms with Crippen LogP contribution in [-0.2, 0) is 4.79 Å². The van der Waals surface area contributed by atoms with E-state index in [0.717, 1.165) is 19.5 Å². The minimum absolute atomic E-state index is 0.123. The van der Waals surface area contributed by atoms with Gasteiger partial charge in [-0.15, -0.1) is 0 Å². The number of aliphatic hydroxyl groups is 2. The molecule has 2 rings (SSSR count). The summed E-state index contributed by atoms with van der Waals surface area (Å²) in [6, 6.07) is 0. The molecule has 0 aromatic rings. The molecule has 0 aromatic heterocycles. The minimum Gasteiger partial charge on any atom is -0.389 e. The van der Waals surface area contributed by atoms with E-state index in [2.05, 4.69) is 6.92 Å². The van der Waals surface area contributed by atoms with Gasteiger partial charge in [-0.05, 0) is 18.8 Å². The second kappa shape index (κ2) is 5.33. The van der Waals surface area contributed by atoms with Crippen LogP contribution < -0.4 is 0 Å². The zero-order valence-corrected chi connectivity index (χ0v) is 10.4. The molecule has 98 valence electrons. The number of nitrogens with zero attached hydrogens (tertiary/aromatic N) is 2. The first-order chi connectivity index (χ1) is 8.06. The van der Waals surface area contributed by atoms with Crippen molar-refractivity contribution in [2.24, 2.45) is 5.92 Å². The summed E-state index contributed by atoms with van der Waals surface area (Å²) < 4.78 is 0. The summed E-state index contributed by atoms with van der Waals surface area (Å²) in [5, 5.41) is 18.8. The van der Waals surface area contributed by atoms with Crippen LogP contribution in [0.1, 0.15) is 19.8 Å². The summed E-state index contributed by atoms with van der Waals surface area (Å²) in [6.07, 6.45) is 0.870. The first-order valence-electron chi connectivity index (χ1n) is 6.42. The lowest BCUT2D eigenvalue weighted by molar-refractivity contribution is -0.133. The summed E-state index contributed by atoms with van der Waals surface area (Å²) in [5.41, 5.74) is 0. The molecule has 0 spiro atoms. The molecule has 0 saturated carbocycles. The van der Waals surface area contributed by atoms with Crippen LogP contribution in [0.5, 0.6) is 0 Å². The molecule has 1 amide bonds. The lowest BCUT2D eigenvalue weighted by Gasteiger charge is -2.32. The monoisotopic (exact) mass is 242 g/mol. The number of carbonyl (C=O) groups excluding carboxylic acids is 1. The molecule has 5 heteroatoms. The van der Waals surface area contributed by atoms with E-state index in [9.17, 15) is 15.0 Å². The molecule has 0 aliphatic carbocycles. The lowest BCUT2D eigenvalue weighted by atomic mass is 10.0. The summed E-state index contributed by atoms with van der Waals surface area (Å²) in [4.78, 5) is 15.8. The fourth-order valence-corrected chi connectivity index (χ4v) is 2.68. The van der Waals surface area contributed by atoms with E-state index in [1.807, 2.05) is 9.80 Å². The Balaban J connectivity index is 1.81. The predicted octanol–water partition coefficient (Wildman–Crippen LogP) is -0.718. The highest BCUT2D eigenvalue weighted by molar-refractivity contribution is 5.78. The van der Waals surface area contributed by atoms with Gasteiger partial charge in [-0.2, -0.15) is 0 Å². The molecule has 0 bridgehead atoms. The molecule has 0 radical (unpaired) electrons. The molecule has 1 unspecified atom stereocenters. The van der Waals surface area contributed by atoms with Crippen molar-refractivity contribution in [1.29, 1.82) is 0 Å².